The second kappa shape index (κ2) is 4.23. The first-order valence-electron chi connectivity index (χ1n) is 6.53. The van der Waals surface area contributed by atoms with E-state index in [1.165, 1.54) is 0 Å². The lowest BCUT2D eigenvalue weighted by Gasteiger charge is -2.38. The second-order valence-electron chi connectivity index (χ2n) is 5.34. The summed E-state index contributed by atoms with van der Waals surface area (Å²) in [6.07, 6.45) is 2.99. The van der Waals surface area contributed by atoms with E-state index in [1.54, 1.807) is 0 Å². The summed E-state index contributed by atoms with van der Waals surface area (Å²) < 4.78 is 0. The molecule has 96 valence electrons. The van der Waals surface area contributed by atoms with Crippen LogP contribution in [0.15, 0.2) is 12.1 Å². The fraction of sp³-hybridized carbons (Fsp3) is 0.615. The Bertz CT molecular complexity index is 459. The van der Waals surface area contributed by atoms with Gasteiger partial charge in [-0.3, -0.25) is 4.79 Å². The van der Waals surface area contributed by atoms with Gasteiger partial charge in [0.2, 0.25) is 5.91 Å². The Morgan fingerprint density at radius 1 is 1.33 bits per heavy atom. The van der Waals surface area contributed by atoms with E-state index >= 15 is 0 Å². The minimum Gasteiger partial charge on any atom is -0.356 e. The molecule has 0 radical (unpaired) electrons. The molecule has 0 saturated carbocycles. The monoisotopic (exact) mass is 246 g/mol. The van der Waals surface area contributed by atoms with Crippen LogP contribution in [-0.2, 0) is 4.79 Å². The summed E-state index contributed by atoms with van der Waals surface area (Å²) in [6, 6.07) is 3.96. The van der Waals surface area contributed by atoms with Gasteiger partial charge in [-0.25, -0.2) is 0 Å². The summed E-state index contributed by atoms with van der Waals surface area (Å²) in [5, 5.41) is 11.3. The van der Waals surface area contributed by atoms with Crippen molar-refractivity contribution in [3.05, 3.63) is 17.8 Å². The molecule has 5 nitrogen and oxygen atoms in total. The predicted molar refractivity (Wildman–Crippen MR) is 68.3 cm³/mol. The number of aromatic nitrogens is 2. The number of nitrogens with zero attached hydrogens (tertiary/aromatic N) is 3. The zero-order valence-corrected chi connectivity index (χ0v) is 10.6. The van der Waals surface area contributed by atoms with Gasteiger partial charge in [0, 0.05) is 19.6 Å². The standard InChI is InChI=1S/C13H18N4O/c1-10-3-4-11(16-15-10)17-8-2-5-13(9-17)6-7-14-12(13)18/h3-4H,2,5-9H2,1H3,(H,14,18). The third kappa shape index (κ3) is 1.83. The normalized spacial score (nSPS) is 27.6. The van der Waals surface area contributed by atoms with E-state index in [0.29, 0.717) is 0 Å². The van der Waals surface area contributed by atoms with Crippen molar-refractivity contribution in [3.63, 3.8) is 0 Å². The number of amides is 1. The number of hydrogen-bond donors (Lipinski definition) is 1. The topological polar surface area (TPSA) is 58.1 Å². The largest absolute Gasteiger partial charge is 0.356 e. The molecule has 2 aliphatic heterocycles. The highest BCUT2D eigenvalue weighted by molar-refractivity contribution is 5.85. The maximum atomic E-state index is 12.0. The molecule has 0 bridgehead atoms. The molecule has 1 N–H and O–H groups in total. The molecule has 1 aromatic heterocycles. The molecule has 3 heterocycles. The Kier molecular flexibility index (Phi) is 2.69. The molecule has 5 heteroatoms. The lowest BCUT2D eigenvalue weighted by atomic mass is 9.78. The fourth-order valence-electron chi connectivity index (χ4n) is 2.99. The van der Waals surface area contributed by atoms with Crippen molar-refractivity contribution < 1.29 is 4.79 Å². The number of aryl methyl sites for hydroxylation is 1. The van der Waals surface area contributed by atoms with E-state index in [1.807, 2.05) is 19.1 Å². The van der Waals surface area contributed by atoms with Gasteiger partial charge in [0.25, 0.3) is 0 Å². The van der Waals surface area contributed by atoms with Crippen LogP contribution in [0.3, 0.4) is 0 Å². The maximum absolute atomic E-state index is 12.0. The summed E-state index contributed by atoms with van der Waals surface area (Å²) >= 11 is 0. The van der Waals surface area contributed by atoms with Crippen molar-refractivity contribution in [2.24, 2.45) is 5.41 Å². The van der Waals surface area contributed by atoms with Gasteiger partial charge in [0.15, 0.2) is 5.82 Å². The predicted octanol–water partition coefficient (Wildman–Crippen LogP) is 0.892. The number of hydrogen-bond acceptors (Lipinski definition) is 4. The highest BCUT2D eigenvalue weighted by Gasteiger charge is 2.45. The Morgan fingerprint density at radius 2 is 2.22 bits per heavy atom. The van der Waals surface area contributed by atoms with Crippen LogP contribution in [0, 0.1) is 12.3 Å². The third-order valence-electron chi connectivity index (χ3n) is 4.06. The molecule has 2 saturated heterocycles. The maximum Gasteiger partial charge on any atom is 0.228 e. The van der Waals surface area contributed by atoms with Crippen LogP contribution in [-0.4, -0.2) is 35.7 Å². The zero-order valence-electron chi connectivity index (χ0n) is 10.6. The van der Waals surface area contributed by atoms with Crippen molar-refractivity contribution in [1.82, 2.24) is 15.5 Å². The minimum atomic E-state index is -0.190. The molecule has 3 rings (SSSR count). The van der Waals surface area contributed by atoms with Gasteiger partial charge in [-0.2, -0.15) is 5.10 Å². The van der Waals surface area contributed by atoms with Gasteiger partial charge in [0.1, 0.15) is 0 Å². The smallest absolute Gasteiger partial charge is 0.228 e. The van der Waals surface area contributed by atoms with Crippen molar-refractivity contribution in [1.29, 1.82) is 0 Å². The number of carbonyl (C=O) groups is 1. The van der Waals surface area contributed by atoms with Gasteiger partial charge in [0.05, 0.1) is 11.1 Å². The van der Waals surface area contributed by atoms with Crippen LogP contribution < -0.4 is 10.2 Å². The van der Waals surface area contributed by atoms with Crippen LogP contribution in [0.25, 0.3) is 0 Å². The van der Waals surface area contributed by atoms with Crippen LogP contribution in [0.4, 0.5) is 5.82 Å². The summed E-state index contributed by atoms with van der Waals surface area (Å²) in [7, 11) is 0. The van der Waals surface area contributed by atoms with E-state index in [9.17, 15) is 4.79 Å². The molecule has 0 aromatic carbocycles. The second-order valence-corrected chi connectivity index (χ2v) is 5.34. The van der Waals surface area contributed by atoms with Crippen LogP contribution >= 0.6 is 0 Å². The average molecular weight is 246 g/mol. The molecular weight excluding hydrogens is 228 g/mol. The lowest BCUT2D eigenvalue weighted by Crippen LogP contribution is -2.47. The van der Waals surface area contributed by atoms with Crippen molar-refractivity contribution in [2.45, 2.75) is 26.2 Å². The molecule has 2 fully saturated rings. The number of nitrogens with one attached hydrogen (secondary N) is 1. The minimum absolute atomic E-state index is 0.190. The molecule has 1 atom stereocenters. The van der Waals surface area contributed by atoms with Crippen molar-refractivity contribution in [3.8, 4) is 0 Å². The van der Waals surface area contributed by atoms with Gasteiger partial charge >= 0.3 is 0 Å². The highest BCUT2D eigenvalue weighted by atomic mass is 16.2. The number of rotatable bonds is 1. The van der Waals surface area contributed by atoms with Gasteiger partial charge in [-0.15, -0.1) is 5.10 Å². The zero-order chi connectivity index (χ0) is 12.6. The van der Waals surface area contributed by atoms with Crippen molar-refractivity contribution in [2.75, 3.05) is 24.5 Å². The number of anilines is 1. The first kappa shape index (κ1) is 11.4. The van der Waals surface area contributed by atoms with E-state index in [-0.39, 0.29) is 11.3 Å². The van der Waals surface area contributed by atoms with Gasteiger partial charge < -0.3 is 10.2 Å². The summed E-state index contributed by atoms with van der Waals surface area (Å²) in [5.74, 6) is 1.10. The first-order chi connectivity index (χ1) is 8.70. The lowest BCUT2D eigenvalue weighted by molar-refractivity contribution is -0.128. The summed E-state index contributed by atoms with van der Waals surface area (Å²) in [6.45, 7) is 4.48. The quantitative estimate of drug-likeness (QED) is 0.799. The van der Waals surface area contributed by atoms with E-state index in [0.717, 1.165) is 50.4 Å². The SMILES string of the molecule is Cc1ccc(N2CCCC3(CCNC3=O)C2)nn1. The molecule has 1 amide bonds. The third-order valence-corrected chi connectivity index (χ3v) is 4.06. The molecule has 18 heavy (non-hydrogen) atoms. The summed E-state index contributed by atoms with van der Waals surface area (Å²) in [4.78, 5) is 14.2. The van der Waals surface area contributed by atoms with Crippen molar-refractivity contribution >= 4 is 11.7 Å². The highest BCUT2D eigenvalue weighted by Crippen LogP contribution is 2.37. The van der Waals surface area contributed by atoms with Gasteiger partial charge in [-0.05, 0) is 38.3 Å². The van der Waals surface area contributed by atoms with Crippen LogP contribution in [0.5, 0.6) is 0 Å². The number of piperidine rings is 1. The van der Waals surface area contributed by atoms with E-state index in [4.69, 9.17) is 0 Å². The van der Waals surface area contributed by atoms with Crippen LogP contribution in [0.2, 0.25) is 0 Å². The molecule has 0 aliphatic carbocycles. The fourth-order valence-corrected chi connectivity index (χ4v) is 2.99. The van der Waals surface area contributed by atoms with E-state index in [2.05, 4.69) is 20.4 Å². The Labute approximate surface area is 107 Å². The molecular formula is C13H18N4O. The number of carbonyl (C=O) groups excluding carboxylic acids is 1. The Hall–Kier alpha value is -1.65. The summed E-state index contributed by atoms with van der Waals surface area (Å²) in [5.41, 5.74) is 0.731. The molecule has 2 aliphatic rings. The Morgan fingerprint density at radius 3 is 2.89 bits per heavy atom. The first-order valence-corrected chi connectivity index (χ1v) is 6.53. The van der Waals surface area contributed by atoms with Crippen LogP contribution in [0.1, 0.15) is 25.0 Å². The van der Waals surface area contributed by atoms with Gasteiger partial charge in [-0.1, -0.05) is 0 Å². The average Bonchev–Trinajstić information content (AvgIpc) is 2.72. The Balaban J connectivity index is 1.82. The molecule has 1 spiro atoms. The van der Waals surface area contributed by atoms with E-state index < -0.39 is 0 Å². The molecule has 1 unspecified atom stereocenters. The molecule has 1 aromatic rings.